The zero-order chi connectivity index (χ0) is 39.8. The smallest absolute Gasteiger partial charge is 0.405 e. The number of nitrogens with zero attached hydrogens (tertiary/aromatic N) is 3. The molecule has 3 aliphatic heterocycles. The Morgan fingerprint density at radius 2 is 1.60 bits per heavy atom. The number of aromatic nitrogens is 1. The molecule has 2 saturated heterocycles. The Morgan fingerprint density at radius 3 is 2.35 bits per heavy atom. The lowest BCUT2D eigenvalue weighted by Gasteiger charge is -2.34. The molecule has 0 radical (unpaired) electrons. The number of ether oxygens (including phenoxy) is 1. The number of amides is 2. The molecule has 57 heavy (non-hydrogen) atoms. The van der Waals surface area contributed by atoms with Crippen LogP contribution in [0.25, 0.3) is 21.9 Å². The Hall–Kier alpha value is -5.53. The van der Waals surface area contributed by atoms with Gasteiger partial charge >= 0.3 is 6.36 Å². The minimum absolute atomic E-state index is 0.231. The molecule has 1 unspecified atom stereocenters. The highest BCUT2D eigenvalue weighted by atomic mass is 19.4. The average Bonchev–Trinajstić information content (AvgIpc) is 3.18. The number of nitrogens with one attached hydrogen (secondary N) is 2. The number of anilines is 1. The summed E-state index contributed by atoms with van der Waals surface area (Å²) in [4.78, 5) is 41.0. The van der Waals surface area contributed by atoms with Crippen LogP contribution in [0.2, 0.25) is 0 Å². The Labute approximate surface area is 327 Å². The normalized spacial score (nSPS) is 18.4. The maximum atomic E-state index is 14.3. The number of rotatable bonds is 9. The number of pyridine rings is 1. The van der Waals surface area contributed by atoms with E-state index in [0.717, 1.165) is 50.1 Å². The standard InChI is InChI=1S/C44H43F4N5O4/c1-51-26-38(37-22-33(45)9-12-36(37)43(51)56)29-5-6-32(40(21-29)57-44(46,47)48)25-53-20-17-35-30(3-2-4-31(35)24-53)23-52-18-15-28(16-19-52)27-7-10-34(11-8-27)49-39-13-14-41(54)50-42(39)55/h2-12,21-22,26,28,39,49H,13-20,23-25H2,1H3,(H,50,54,55). The van der Waals surface area contributed by atoms with Crippen molar-refractivity contribution in [2.24, 2.45) is 7.05 Å². The molecule has 0 saturated carbocycles. The molecule has 0 aliphatic carbocycles. The lowest BCUT2D eigenvalue weighted by atomic mass is 9.88. The Balaban J connectivity index is 0.914. The largest absolute Gasteiger partial charge is 0.573 e. The number of piperidine rings is 2. The van der Waals surface area contributed by atoms with E-state index in [9.17, 15) is 31.9 Å². The number of halogens is 4. The minimum Gasteiger partial charge on any atom is -0.405 e. The van der Waals surface area contributed by atoms with E-state index in [-0.39, 0.29) is 35.1 Å². The quantitative estimate of drug-likeness (QED) is 0.119. The van der Waals surface area contributed by atoms with Crippen LogP contribution >= 0.6 is 0 Å². The number of likely N-dealkylation sites (tertiary alicyclic amines) is 1. The third-order valence-corrected chi connectivity index (χ3v) is 11.5. The summed E-state index contributed by atoms with van der Waals surface area (Å²) >= 11 is 0. The second kappa shape index (κ2) is 15.8. The zero-order valence-electron chi connectivity index (χ0n) is 31.5. The highest BCUT2D eigenvalue weighted by molar-refractivity contribution is 6.01. The minimum atomic E-state index is -4.93. The van der Waals surface area contributed by atoms with Gasteiger partial charge in [-0.25, -0.2) is 4.39 Å². The van der Waals surface area contributed by atoms with Crippen molar-refractivity contribution in [3.05, 3.63) is 129 Å². The lowest BCUT2D eigenvalue weighted by molar-refractivity contribution is -0.275. The van der Waals surface area contributed by atoms with Crippen molar-refractivity contribution in [2.75, 3.05) is 25.0 Å². The first kappa shape index (κ1) is 38.3. The summed E-state index contributed by atoms with van der Waals surface area (Å²) in [6.07, 6.45) is 0.211. The molecule has 2 amide bonds. The molecule has 3 aliphatic rings. The summed E-state index contributed by atoms with van der Waals surface area (Å²) in [6.45, 7) is 4.23. The molecule has 0 bridgehead atoms. The number of imide groups is 1. The van der Waals surface area contributed by atoms with Crippen LogP contribution in [0.5, 0.6) is 5.75 Å². The van der Waals surface area contributed by atoms with Gasteiger partial charge in [-0.15, -0.1) is 13.2 Å². The van der Waals surface area contributed by atoms with E-state index < -0.39 is 18.2 Å². The Bertz CT molecular complexity index is 2390. The molecule has 4 heterocycles. The van der Waals surface area contributed by atoms with Crippen LogP contribution in [0.4, 0.5) is 23.2 Å². The van der Waals surface area contributed by atoms with Crippen LogP contribution in [-0.4, -0.2) is 58.2 Å². The van der Waals surface area contributed by atoms with E-state index in [1.165, 1.54) is 51.7 Å². The van der Waals surface area contributed by atoms with Gasteiger partial charge in [0, 0.05) is 68.0 Å². The molecule has 1 atom stereocenters. The van der Waals surface area contributed by atoms with E-state index >= 15 is 0 Å². The second-order valence-electron chi connectivity index (χ2n) is 15.4. The molecule has 0 spiro atoms. The fourth-order valence-electron chi connectivity index (χ4n) is 8.56. The van der Waals surface area contributed by atoms with Gasteiger partial charge in [0.25, 0.3) is 5.56 Å². The van der Waals surface area contributed by atoms with Crippen molar-refractivity contribution < 1.29 is 31.9 Å². The van der Waals surface area contributed by atoms with Crippen LogP contribution in [0.3, 0.4) is 0 Å². The fraction of sp³-hybridized carbons (Fsp3) is 0.341. The first-order chi connectivity index (χ1) is 27.4. The molecule has 4 aromatic carbocycles. The van der Waals surface area contributed by atoms with E-state index in [1.54, 1.807) is 19.2 Å². The number of aryl methyl sites for hydroxylation is 1. The number of carbonyl (C=O) groups is 2. The van der Waals surface area contributed by atoms with E-state index in [4.69, 9.17) is 0 Å². The van der Waals surface area contributed by atoms with Gasteiger partial charge in [-0.05, 0) is 114 Å². The maximum Gasteiger partial charge on any atom is 0.573 e. The fourth-order valence-corrected chi connectivity index (χ4v) is 8.56. The number of benzene rings is 4. The van der Waals surface area contributed by atoms with E-state index in [1.807, 2.05) is 12.1 Å². The topological polar surface area (TPSA) is 95.9 Å². The lowest BCUT2D eigenvalue weighted by Crippen LogP contribution is -2.47. The van der Waals surface area contributed by atoms with Crippen LogP contribution in [0, 0.1) is 5.82 Å². The highest BCUT2D eigenvalue weighted by Gasteiger charge is 2.33. The first-order valence-electron chi connectivity index (χ1n) is 19.3. The molecule has 9 nitrogen and oxygen atoms in total. The van der Waals surface area contributed by atoms with Crippen LogP contribution in [-0.2, 0) is 42.7 Å². The molecule has 1 aromatic heterocycles. The molecule has 13 heteroatoms. The van der Waals surface area contributed by atoms with Gasteiger partial charge in [0.05, 0.1) is 0 Å². The number of hydrogen-bond donors (Lipinski definition) is 2. The van der Waals surface area contributed by atoms with Crippen molar-refractivity contribution in [3.63, 3.8) is 0 Å². The summed E-state index contributed by atoms with van der Waals surface area (Å²) < 4.78 is 61.4. The summed E-state index contributed by atoms with van der Waals surface area (Å²) in [5, 5.41) is 6.20. The molecule has 8 rings (SSSR count). The third-order valence-electron chi connectivity index (χ3n) is 11.5. The van der Waals surface area contributed by atoms with Gasteiger partial charge in [0.1, 0.15) is 17.6 Å². The van der Waals surface area contributed by atoms with Crippen molar-refractivity contribution >= 4 is 28.3 Å². The second-order valence-corrected chi connectivity index (χ2v) is 15.4. The molecular weight excluding hydrogens is 739 g/mol. The Morgan fingerprint density at radius 1 is 0.825 bits per heavy atom. The number of carbonyl (C=O) groups excluding carboxylic acids is 2. The van der Waals surface area contributed by atoms with Crippen LogP contribution < -0.4 is 20.9 Å². The molecule has 296 valence electrons. The first-order valence-corrected chi connectivity index (χ1v) is 19.3. The summed E-state index contributed by atoms with van der Waals surface area (Å²) in [7, 11) is 1.55. The monoisotopic (exact) mass is 781 g/mol. The summed E-state index contributed by atoms with van der Waals surface area (Å²) in [5.41, 5.74) is 6.70. The van der Waals surface area contributed by atoms with E-state index in [0.29, 0.717) is 53.9 Å². The van der Waals surface area contributed by atoms with Crippen LogP contribution in [0.15, 0.2) is 89.9 Å². The van der Waals surface area contributed by atoms with Gasteiger partial charge in [-0.3, -0.25) is 29.5 Å². The summed E-state index contributed by atoms with van der Waals surface area (Å²) in [5.74, 6) is -0.967. The maximum absolute atomic E-state index is 14.3. The molecule has 5 aromatic rings. The van der Waals surface area contributed by atoms with Crippen molar-refractivity contribution in [3.8, 4) is 16.9 Å². The van der Waals surface area contributed by atoms with Crippen molar-refractivity contribution in [2.45, 2.75) is 70.1 Å². The summed E-state index contributed by atoms with van der Waals surface area (Å²) in [6, 6.07) is 22.6. The van der Waals surface area contributed by atoms with E-state index in [2.05, 4.69) is 55.5 Å². The number of alkyl halides is 3. The Kier molecular flexibility index (Phi) is 10.6. The van der Waals surface area contributed by atoms with Gasteiger partial charge < -0.3 is 14.6 Å². The molecule has 2 fully saturated rings. The zero-order valence-corrected chi connectivity index (χ0v) is 31.5. The molecular formula is C44H43F4N5O4. The SMILES string of the molecule is Cn1cc(-c2ccc(CN3CCc4c(CN5CCC(c6ccc(NC7CCC(=O)NC7=O)cc6)CC5)cccc4C3)c(OC(F)(F)F)c2)c2cc(F)ccc2c1=O. The van der Waals surface area contributed by atoms with Gasteiger partial charge in [-0.1, -0.05) is 42.5 Å². The third kappa shape index (κ3) is 8.59. The van der Waals surface area contributed by atoms with Gasteiger partial charge in [-0.2, -0.15) is 0 Å². The van der Waals surface area contributed by atoms with Crippen LogP contribution in [0.1, 0.15) is 59.4 Å². The molecule has 2 N–H and O–H groups in total. The van der Waals surface area contributed by atoms with Crippen molar-refractivity contribution in [1.29, 1.82) is 0 Å². The average molecular weight is 782 g/mol. The van der Waals surface area contributed by atoms with Gasteiger partial charge in [0.2, 0.25) is 11.8 Å². The number of hydrogen-bond acceptors (Lipinski definition) is 7. The predicted molar refractivity (Wildman–Crippen MR) is 209 cm³/mol. The number of fused-ring (bicyclic) bond motifs is 2. The van der Waals surface area contributed by atoms with Gasteiger partial charge in [0.15, 0.2) is 0 Å². The van der Waals surface area contributed by atoms with Crippen molar-refractivity contribution in [1.82, 2.24) is 19.7 Å². The predicted octanol–water partition coefficient (Wildman–Crippen LogP) is 7.40. The highest BCUT2D eigenvalue weighted by Crippen LogP contribution is 2.36.